The average Bonchev–Trinajstić information content (AvgIpc) is 3.53. The molecule has 1 aliphatic heterocycles. The van der Waals surface area contributed by atoms with Crippen molar-refractivity contribution in [3.8, 4) is 27.9 Å². The van der Waals surface area contributed by atoms with Crippen LogP contribution >= 0.6 is 23.1 Å². The Morgan fingerprint density at radius 1 is 1.03 bits per heavy atom. The van der Waals surface area contributed by atoms with Crippen LogP contribution in [0.5, 0.6) is 11.5 Å². The molecule has 0 unspecified atom stereocenters. The van der Waals surface area contributed by atoms with Crippen molar-refractivity contribution in [1.29, 1.82) is 0 Å². The molecular formula is C23H18N4O4S2. The van der Waals surface area contributed by atoms with Gasteiger partial charge in [0.15, 0.2) is 22.5 Å². The predicted octanol–water partition coefficient (Wildman–Crippen LogP) is 3.57. The Kier molecular flexibility index (Phi) is 6.09. The number of aromatic nitrogens is 3. The van der Waals surface area contributed by atoms with Crippen molar-refractivity contribution in [2.45, 2.75) is 11.3 Å². The van der Waals surface area contributed by atoms with Gasteiger partial charge in [-0.1, -0.05) is 48.2 Å². The van der Waals surface area contributed by atoms with E-state index in [1.165, 1.54) is 11.8 Å². The molecule has 0 radical (unpaired) electrons. The summed E-state index contributed by atoms with van der Waals surface area (Å²) in [5, 5.41) is 13.5. The minimum atomic E-state index is -0.896. The van der Waals surface area contributed by atoms with Crippen molar-refractivity contribution >= 4 is 34.9 Å². The molecule has 0 saturated carbocycles. The molecule has 5 rings (SSSR count). The maximum Gasteiger partial charge on any atom is 0.271 e. The maximum absolute atomic E-state index is 12.5. The van der Waals surface area contributed by atoms with Gasteiger partial charge in [0.1, 0.15) is 6.61 Å². The summed E-state index contributed by atoms with van der Waals surface area (Å²) in [5.41, 5.74) is 0.885. The Bertz CT molecular complexity index is 1270. The lowest BCUT2D eigenvalue weighted by molar-refractivity contribution is -0.135. The summed E-state index contributed by atoms with van der Waals surface area (Å²) in [6, 6.07) is 20.7. The summed E-state index contributed by atoms with van der Waals surface area (Å²) in [5.74, 6) is 0.743. The fourth-order valence-corrected chi connectivity index (χ4v) is 4.72. The van der Waals surface area contributed by atoms with E-state index in [2.05, 4.69) is 15.5 Å². The van der Waals surface area contributed by atoms with Gasteiger partial charge in [0, 0.05) is 5.69 Å². The standard InChI is InChI=1S/C23H18N4O4S2/c28-20(24-22(29)18-13-30-16-9-4-5-10-17(16)31-18)14-33-23-26-25-21(19-11-6-12-32-19)27(23)15-7-2-1-3-8-15/h1-12,18H,13-14H2,(H,24,28,29)/t18-/m0/s1. The van der Waals surface area contributed by atoms with E-state index in [0.717, 1.165) is 10.6 Å². The normalized spacial score (nSPS) is 14.6. The number of thioether (sulfide) groups is 1. The molecule has 0 bridgehead atoms. The number of amides is 2. The van der Waals surface area contributed by atoms with Gasteiger partial charge in [-0.15, -0.1) is 21.5 Å². The number of imide groups is 1. The summed E-state index contributed by atoms with van der Waals surface area (Å²) in [4.78, 5) is 26.0. The van der Waals surface area contributed by atoms with Gasteiger partial charge in [-0.3, -0.25) is 19.5 Å². The molecule has 2 aromatic heterocycles. The van der Waals surface area contributed by atoms with Gasteiger partial charge in [-0.2, -0.15) is 0 Å². The van der Waals surface area contributed by atoms with Crippen LogP contribution in [-0.2, 0) is 9.59 Å². The van der Waals surface area contributed by atoms with E-state index in [1.54, 1.807) is 29.5 Å². The highest BCUT2D eigenvalue weighted by Crippen LogP contribution is 2.31. The van der Waals surface area contributed by atoms with Crippen molar-refractivity contribution in [3.05, 3.63) is 72.1 Å². The Morgan fingerprint density at radius 2 is 1.82 bits per heavy atom. The Labute approximate surface area is 197 Å². The second-order valence-electron chi connectivity index (χ2n) is 7.02. The quantitative estimate of drug-likeness (QED) is 0.423. The molecule has 2 amide bonds. The molecule has 0 fully saturated rings. The van der Waals surface area contributed by atoms with Crippen molar-refractivity contribution in [1.82, 2.24) is 20.1 Å². The molecule has 0 aliphatic carbocycles. The smallest absolute Gasteiger partial charge is 0.271 e. The number of rotatable bonds is 6. The number of ether oxygens (including phenoxy) is 2. The molecule has 166 valence electrons. The van der Waals surface area contributed by atoms with Crippen LogP contribution in [0.3, 0.4) is 0 Å². The Morgan fingerprint density at radius 3 is 2.61 bits per heavy atom. The number of nitrogens with zero attached hydrogens (tertiary/aromatic N) is 3. The highest BCUT2D eigenvalue weighted by molar-refractivity contribution is 7.99. The summed E-state index contributed by atoms with van der Waals surface area (Å²) >= 11 is 2.76. The van der Waals surface area contributed by atoms with Gasteiger partial charge in [0.25, 0.3) is 5.91 Å². The van der Waals surface area contributed by atoms with Crippen LogP contribution in [0.15, 0.2) is 77.3 Å². The number of thiophene rings is 1. The second kappa shape index (κ2) is 9.47. The highest BCUT2D eigenvalue weighted by Gasteiger charge is 2.28. The van der Waals surface area contributed by atoms with E-state index >= 15 is 0 Å². The number of nitrogens with one attached hydrogen (secondary N) is 1. The molecule has 8 nitrogen and oxygen atoms in total. The van der Waals surface area contributed by atoms with Gasteiger partial charge in [0.05, 0.1) is 10.6 Å². The molecule has 3 heterocycles. The fourth-order valence-electron chi connectivity index (χ4n) is 3.27. The van der Waals surface area contributed by atoms with Crippen LogP contribution in [0.4, 0.5) is 0 Å². The van der Waals surface area contributed by atoms with Crippen molar-refractivity contribution < 1.29 is 19.1 Å². The number of benzene rings is 2. The lowest BCUT2D eigenvalue weighted by atomic mass is 10.2. The Hall–Kier alpha value is -3.63. The zero-order valence-corrected chi connectivity index (χ0v) is 18.8. The molecule has 0 saturated heterocycles. The number of hydrogen-bond acceptors (Lipinski definition) is 8. The molecule has 4 aromatic rings. The van der Waals surface area contributed by atoms with Gasteiger partial charge < -0.3 is 9.47 Å². The number of carbonyl (C=O) groups excluding carboxylic acids is 2. The monoisotopic (exact) mass is 478 g/mol. The van der Waals surface area contributed by atoms with Gasteiger partial charge in [-0.25, -0.2) is 0 Å². The third-order valence-corrected chi connectivity index (χ3v) is 6.58. The molecule has 10 heteroatoms. The van der Waals surface area contributed by atoms with Crippen LogP contribution < -0.4 is 14.8 Å². The predicted molar refractivity (Wildman–Crippen MR) is 125 cm³/mol. The van der Waals surface area contributed by atoms with Crippen molar-refractivity contribution in [3.63, 3.8) is 0 Å². The number of para-hydroxylation sites is 3. The van der Waals surface area contributed by atoms with Crippen LogP contribution in [0.25, 0.3) is 16.4 Å². The van der Waals surface area contributed by atoms with Crippen LogP contribution in [0, 0.1) is 0 Å². The molecular weight excluding hydrogens is 460 g/mol. The van der Waals surface area contributed by atoms with Crippen LogP contribution in [-0.4, -0.2) is 45.0 Å². The summed E-state index contributed by atoms with van der Waals surface area (Å²) < 4.78 is 13.1. The molecule has 33 heavy (non-hydrogen) atoms. The van der Waals surface area contributed by atoms with Gasteiger partial charge >= 0.3 is 0 Å². The van der Waals surface area contributed by atoms with E-state index in [4.69, 9.17) is 9.47 Å². The molecule has 1 N–H and O–H groups in total. The SMILES string of the molecule is O=C(CSc1nnc(-c2cccs2)n1-c1ccccc1)NC(=O)[C@@H]1COc2ccccc2O1. The molecule has 1 atom stereocenters. The summed E-state index contributed by atoms with van der Waals surface area (Å²) in [7, 11) is 0. The van der Waals surface area contributed by atoms with E-state index in [-0.39, 0.29) is 12.4 Å². The van der Waals surface area contributed by atoms with Crippen LogP contribution in [0.2, 0.25) is 0 Å². The topological polar surface area (TPSA) is 95.3 Å². The minimum absolute atomic E-state index is 0.00862. The third-order valence-electron chi connectivity index (χ3n) is 4.79. The number of hydrogen-bond donors (Lipinski definition) is 1. The maximum atomic E-state index is 12.5. The van der Waals surface area contributed by atoms with E-state index in [0.29, 0.717) is 22.5 Å². The largest absolute Gasteiger partial charge is 0.485 e. The fraction of sp³-hybridized carbons (Fsp3) is 0.130. The average molecular weight is 479 g/mol. The second-order valence-corrected chi connectivity index (χ2v) is 8.91. The van der Waals surface area contributed by atoms with Crippen molar-refractivity contribution in [2.75, 3.05) is 12.4 Å². The number of fused-ring (bicyclic) bond motifs is 1. The van der Waals surface area contributed by atoms with Gasteiger partial charge in [-0.05, 0) is 35.7 Å². The van der Waals surface area contributed by atoms with E-state index in [1.807, 2.05) is 58.5 Å². The van der Waals surface area contributed by atoms with Gasteiger partial charge in [0.2, 0.25) is 12.0 Å². The highest BCUT2D eigenvalue weighted by atomic mass is 32.2. The first-order valence-corrected chi connectivity index (χ1v) is 12.0. The zero-order chi connectivity index (χ0) is 22.6. The van der Waals surface area contributed by atoms with E-state index < -0.39 is 17.9 Å². The first-order chi connectivity index (χ1) is 16.2. The van der Waals surface area contributed by atoms with E-state index in [9.17, 15) is 9.59 Å². The molecule has 2 aromatic carbocycles. The lowest BCUT2D eigenvalue weighted by Gasteiger charge is -2.25. The third kappa shape index (κ3) is 4.62. The first kappa shape index (κ1) is 21.2. The first-order valence-electron chi connectivity index (χ1n) is 10.1. The Balaban J connectivity index is 1.26. The lowest BCUT2D eigenvalue weighted by Crippen LogP contribution is -2.46. The summed E-state index contributed by atoms with van der Waals surface area (Å²) in [6.07, 6.45) is -0.896. The zero-order valence-electron chi connectivity index (χ0n) is 17.2. The summed E-state index contributed by atoms with van der Waals surface area (Å²) in [6.45, 7) is 0.0375. The number of carbonyl (C=O) groups is 2. The molecule has 1 aliphatic rings. The van der Waals surface area contributed by atoms with Crippen molar-refractivity contribution in [2.24, 2.45) is 0 Å². The molecule has 0 spiro atoms. The minimum Gasteiger partial charge on any atom is -0.485 e. The van der Waals surface area contributed by atoms with Crippen LogP contribution in [0.1, 0.15) is 0 Å².